The van der Waals surface area contributed by atoms with Crippen LogP contribution < -0.4 is 10.6 Å². The average molecular weight is 455 g/mol. The van der Waals surface area contributed by atoms with Gasteiger partial charge in [0.15, 0.2) is 0 Å². The van der Waals surface area contributed by atoms with E-state index in [4.69, 9.17) is 11.6 Å². The van der Waals surface area contributed by atoms with Gasteiger partial charge in [0.05, 0.1) is 6.04 Å². The zero-order chi connectivity index (χ0) is 22.6. The predicted octanol–water partition coefficient (Wildman–Crippen LogP) is 3.07. The molecule has 0 saturated carbocycles. The van der Waals surface area contributed by atoms with E-state index < -0.39 is 0 Å². The first kappa shape index (κ1) is 23.2. The standard InChI is InChI=1S/C26H35ClN4O/c1-28-14-15-29-24(19-20-7-9-22(27)10-8-20)25(32)31-17-12-26(13-18-31)23-6-4-3-5-21(23)11-16-30(26)2/h3-10,24,28-29H,11-19H2,1-2H3/t24-/m1/s1. The quantitative estimate of drug-likeness (QED) is 0.631. The number of piperidine rings is 1. The lowest BCUT2D eigenvalue weighted by Gasteiger charge is -2.51. The Balaban J connectivity index is 1.47. The molecule has 6 heteroatoms. The molecule has 2 aromatic carbocycles. The van der Waals surface area contributed by atoms with Crippen molar-refractivity contribution in [1.82, 2.24) is 20.4 Å². The van der Waals surface area contributed by atoms with Gasteiger partial charge in [0.2, 0.25) is 5.91 Å². The van der Waals surface area contributed by atoms with Crippen LogP contribution in [0.15, 0.2) is 48.5 Å². The van der Waals surface area contributed by atoms with Gasteiger partial charge in [-0.25, -0.2) is 0 Å². The van der Waals surface area contributed by atoms with Gasteiger partial charge in [-0.3, -0.25) is 9.69 Å². The Labute approximate surface area is 197 Å². The smallest absolute Gasteiger partial charge is 0.240 e. The van der Waals surface area contributed by atoms with Crippen LogP contribution in [0.5, 0.6) is 0 Å². The first-order valence-electron chi connectivity index (χ1n) is 11.7. The number of benzene rings is 2. The lowest BCUT2D eigenvalue weighted by molar-refractivity contribution is -0.136. The fourth-order valence-electron chi connectivity index (χ4n) is 5.34. The summed E-state index contributed by atoms with van der Waals surface area (Å²) in [6, 6.07) is 16.5. The molecule has 0 radical (unpaired) electrons. The van der Waals surface area contributed by atoms with Gasteiger partial charge in [-0.2, -0.15) is 0 Å². The van der Waals surface area contributed by atoms with Gasteiger partial charge in [0.25, 0.3) is 0 Å². The van der Waals surface area contributed by atoms with Crippen molar-refractivity contribution in [2.75, 3.05) is 46.8 Å². The first-order valence-corrected chi connectivity index (χ1v) is 12.1. The molecule has 5 nitrogen and oxygen atoms in total. The minimum Gasteiger partial charge on any atom is -0.341 e. The fourth-order valence-corrected chi connectivity index (χ4v) is 5.47. The molecule has 172 valence electrons. The number of nitrogens with one attached hydrogen (secondary N) is 2. The van der Waals surface area contributed by atoms with Crippen molar-refractivity contribution >= 4 is 17.5 Å². The third-order valence-corrected chi connectivity index (χ3v) is 7.54. The van der Waals surface area contributed by atoms with Crippen molar-refractivity contribution in [3.05, 3.63) is 70.2 Å². The van der Waals surface area contributed by atoms with Crippen molar-refractivity contribution in [3.8, 4) is 0 Å². The van der Waals surface area contributed by atoms with Crippen LogP contribution in [0.4, 0.5) is 0 Å². The van der Waals surface area contributed by atoms with E-state index in [0.29, 0.717) is 6.42 Å². The summed E-state index contributed by atoms with van der Waals surface area (Å²) >= 11 is 6.05. The summed E-state index contributed by atoms with van der Waals surface area (Å²) in [7, 11) is 4.18. The molecule has 0 aliphatic carbocycles. The number of carbonyl (C=O) groups excluding carboxylic acids is 1. The Kier molecular flexibility index (Phi) is 7.51. The molecular weight excluding hydrogens is 420 g/mol. The summed E-state index contributed by atoms with van der Waals surface area (Å²) in [4.78, 5) is 18.2. The lowest BCUT2D eigenvalue weighted by Crippen LogP contribution is -2.58. The van der Waals surface area contributed by atoms with Crippen molar-refractivity contribution in [2.24, 2.45) is 0 Å². The zero-order valence-electron chi connectivity index (χ0n) is 19.2. The van der Waals surface area contributed by atoms with Crippen molar-refractivity contribution in [2.45, 2.75) is 37.3 Å². The molecule has 2 heterocycles. The Bertz CT molecular complexity index is 908. The Hall–Kier alpha value is -1.92. The number of rotatable bonds is 7. The maximum absolute atomic E-state index is 13.6. The molecule has 1 amide bonds. The molecule has 4 rings (SSSR count). The van der Waals surface area contributed by atoms with Crippen LogP contribution in [-0.4, -0.2) is 68.6 Å². The van der Waals surface area contributed by atoms with Crippen LogP contribution in [0.1, 0.15) is 29.5 Å². The molecule has 0 unspecified atom stereocenters. The monoisotopic (exact) mass is 454 g/mol. The van der Waals surface area contributed by atoms with Crippen molar-refractivity contribution in [1.29, 1.82) is 0 Å². The summed E-state index contributed by atoms with van der Waals surface area (Å²) in [6.45, 7) is 4.25. The fraction of sp³-hybridized carbons (Fsp3) is 0.500. The molecule has 1 atom stereocenters. The Morgan fingerprint density at radius 3 is 2.50 bits per heavy atom. The van der Waals surface area contributed by atoms with Gasteiger partial charge in [0.1, 0.15) is 0 Å². The number of amides is 1. The van der Waals surface area contributed by atoms with E-state index in [2.05, 4.69) is 51.7 Å². The van der Waals surface area contributed by atoms with Crippen LogP contribution in [0.2, 0.25) is 5.02 Å². The van der Waals surface area contributed by atoms with Crippen LogP contribution in [-0.2, 0) is 23.2 Å². The molecule has 1 fully saturated rings. The maximum Gasteiger partial charge on any atom is 0.240 e. The third kappa shape index (κ3) is 4.86. The van der Waals surface area contributed by atoms with Crippen LogP contribution in [0.3, 0.4) is 0 Å². The minimum atomic E-state index is -0.227. The highest BCUT2D eigenvalue weighted by Crippen LogP contribution is 2.42. The second kappa shape index (κ2) is 10.3. The molecule has 2 N–H and O–H groups in total. The number of carbonyl (C=O) groups is 1. The van der Waals surface area contributed by atoms with Crippen LogP contribution in [0.25, 0.3) is 0 Å². The number of likely N-dealkylation sites (tertiary alicyclic amines) is 1. The highest BCUT2D eigenvalue weighted by Gasteiger charge is 2.44. The van der Waals surface area contributed by atoms with Gasteiger partial charge in [-0.15, -0.1) is 0 Å². The number of halogens is 1. The maximum atomic E-state index is 13.6. The summed E-state index contributed by atoms with van der Waals surface area (Å²) in [6.07, 6.45) is 3.74. The van der Waals surface area contributed by atoms with Crippen LogP contribution in [0, 0.1) is 0 Å². The van der Waals surface area contributed by atoms with E-state index in [0.717, 1.165) is 62.6 Å². The number of hydrogen-bond donors (Lipinski definition) is 2. The number of likely N-dealkylation sites (N-methyl/N-ethyl adjacent to an activating group) is 2. The van der Waals surface area contributed by atoms with Gasteiger partial charge in [-0.05, 0) is 68.6 Å². The van der Waals surface area contributed by atoms with E-state index in [-0.39, 0.29) is 17.5 Å². The first-order chi connectivity index (χ1) is 15.5. The van der Waals surface area contributed by atoms with Gasteiger partial charge < -0.3 is 15.5 Å². The minimum absolute atomic E-state index is 0.0524. The van der Waals surface area contributed by atoms with Crippen molar-refractivity contribution in [3.63, 3.8) is 0 Å². The zero-order valence-corrected chi connectivity index (χ0v) is 20.0. The van der Waals surface area contributed by atoms with E-state index in [9.17, 15) is 4.79 Å². The van der Waals surface area contributed by atoms with Gasteiger partial charge >= 0.3 is 0 Å². The topological polar surface area (TPSA) is 47.6 Å². The largest absolute Gasteiger partial charge is 0.341 e. The Morgan fingerprint density at radius 2 is 1.78 bits per heavy atom. The molecule has 1 saturated heterocycles. The molecule has 2 aromatic rings. The predicted molar refractivity (Wildman–Crippen MR) is 131 cm³/mol. The summed E-state index contributed by atoms with van der Waals surface area (Å²) in [5, 5.41) is 7.36. The Morgan fingerprint density at radius 1 is 1.06 bits per heavy atom. The molecule has 2 aliphatic heterocycles. The summed E-state index contributed by atoms with van der Waals surface area (Å²) < 4.78 is 0. The van der Waals surface area contributed by atoms with Gasteiger partial charge in [0, 0.05) is 43.3 Å². The molecule has 0 bridgehead atoms. The molecule has 0 aromatic heterocycles. The second-order valence-corrected chi connectivity index (χ2v) is 9.56. The highest BCUT2D eigenvalue weighted by atomic mass is 35.5. The van der Waals surface area contributed by atoms with E-state index in [1.54, 1.807) is 0 Å². The summed E-state index contributed by atoms with van der Waals surface area (Å²) in [5.74, 6) is 0.206. The van der Waals surface area contributed by atoms with Crippen molar-refractivity contribution < 1.29 is 4.79 Å². The number of fused-ring (bicyclic) bond motifs is 2. The average Bonchev–Trinajstić information content (AvgIpc) is 2.82. The number of nitrogens with zero attached hydrogens (tertiary/aromatic N) is 2. The SMILES string of the molecule is CNCCN[C@H](Cc1ccc(Cl)cc1)C(=O)N1CCC2(CC1)c1ccccc1CCN2C. The third-order valence-electron chi connectivity index (χ3n) is 7.29. The highest BCUT2D eigenvalue weighted by molar-refractivity contribution is 6.30. The second-order valence-electron chi connectivity index (χ2n) is 9.13. The summed E-state index contributed by atoms with van der Waals surface area (Å²) in [5.41, 5.74) is 4.11. The number of hydrogen-bond acceptors (Lipinski definition) is 4. The molecular formula is C26H35ClN4O. The van der Waals surface area contributed by atoms with E-state index in [1.165, 1.54) is 11.1 Å². The van der Waals surface area contributed by atoms with Gasteiger partial charge in [-0.1, -0.05) is 48.0 Å². The van der Waals surface area contributed by atoms with E-state index in [1.807, 2.05) is 31.3 Å². The molecule has 1 spiro atoms. The molecule has 32 heavy (non-hydrogen) atoms. The normalized spacial score (nSPS) is 19.0. The lowest BCUT2D eigenvalue weighted by atomic mass is 9.74. The molecule has 2 aliphatic rings. The van der Waals surface area contributed by atoms with E-state index >= 15 is 0 Å². The van der Waals surface area contributed by atoms with Crippen LogP contribution >= 0.6 is 11.6 Å².